The van der Waals surface area contributed by atoms with Gasteiger partial charge < -0.3 is 10.1 Å². The van der Waals surface area contributed by atoms with Crippen LogP contribution in [-0.2, 0) is 0 Å². The molecule has 2 nitrogen and oxygen atoms in total. The molecule has 0 radical (unpaired) electrons. The van der Waals surface area contributed by atoms with E-state index in [0.717, 1.165) is 11.7 Å². The maximum absolute atomic E-state index is 5.31. The number of benzene rings is 1. The quantitative estimate of drug-likeness (QED) is 0.786. The summed E-state index contributed by atoms with van der Waals surface area (Å²) >= 11 is 0. The molecule has 0 aromatic heterocycles. The van der Waals surface area contributed by atoms with Gasteiger partial charge in [-0.05, 0) is 43.5 Å². The molecule has 0 aliphatic heterocycles. The first-order valence-corrected chi connectivity index (χ1v) is 6.90. The maximum atomic E-state index is 5.31. The van der Waals surface area contributed by atoms with Crippen LogP contribution in [0.2, 0.25) is 0 Å². The Morgan fingerprint density at radius 2 is 1.94 bits per heavy atom. The summed E-state index contributed by atoms with van der Waals surface area (Å²) in [4.78, 5) is 0. The third kappa shape index (κ3) is 4.34. The Balaban J connectivity index is 2.67. The molecule has 1 unspecified atom stereocenters. The molecule has 0 fully saturated rings. The number of rotatable bonds is 7. The van der Waals surface area contributed by atoms with Gasteiger partial charge in [0, 0.05) is 6.04 Å². The molecule has 0 spiro atoms. The first-order chi connectivity index (χ1) is 8.58. The van der Waals surface area contributed by atoms with Crippen molar-refractivity contribution in [2.75, 3.05) is 14.2 Å². The summed E-state index contributed by atoms with van der Waals surface area (Å²) in [6.45, 7) is 6.67. The molecule has 0 amide bonds. The van der Waals surface area contributed by atoms with Crippen LogP contribution in [0.15, 0.2) is 18.2 Å². The molecule has 1 aromatic rings. The van der Waals surface area contributed by atoms with E-state index in [-0.39, 0.29) is 0 Å². The van der Waals surface area contributed by atoms with Crippen LogP contribution in [-0.4, -0.2) is 14.2 Å². The molecule has 0 aliphatic rings. The molecule has 18 heavy (non-hydrogen) atoms. The van der Waals surface area contributed by atoms with Crippen molar-refractivity contribution >= 4 is 0 Å². The van der Waals surface area contributed by atoms with Crippen molar-refractivity contribution in [2.24, 2.45) is 5.92 Å². The van der Waals surface area contributed by atoms with Crippen molar-refractivity contribution in [1.82, 2.24) is 5.32 Å². The number of nitrogens with one attached hydrogen (secondary N) is 1. The number of ether oxygens (including phenoxy) is 1. The van der Waals surface area contributed by atoms with E-state index in [1.54, 1.807) is 7.11 Å². The van der Waals surface area contributed by atoms with Gasteiger partial charge in [-0.2, -0.15) is 0 Å². The van der Waals surface area contributed by atoms with Gasteiger partial charge in [-0.3, -0.25) is 0 Å². The second-order valence-corrected chi connectivity index (χ2v) is 5.40. The minimum Gasteiger partial charge on any atom is -0.496 e. The lowest BCUT2D eigenvalue weighted by atomic mass is 9.97. The summed E-state index contributed by atoms with van der Waals surface area (Å²) in [6.07, 6.45) is 3.77. The smallest absolute Gasteiger partial charge is 0.121 e. The fourth-order valence-corrected chi connectivity index (χ4v) is 2.33. The molecular formula is C16H27NO. The van der Waals surface area contributed by atoms with E-state index >= 15 is 0 Å². The average Bonchev–Trinajstić information content (AvgIpc) is 2.34. The van der Waals surface area contributed by atoms with Gasteiger partial charge in [-0.1, -0.05) is 38.8 Å². The molecule has 0 aliphatic carbocycles. The van der Waals surface area contributed by atoms with Gasteiger partial charge in [-0.25, -0.2) is 0 Å². The third-order valence-electron chi connectivity index (χ3n) is 3.44. The summed E-state index contributed by atoms with van der Waals surface area (Å²) in [5, 5.41) is 3.42. The molecular weight excluding hydrogens is 222 g/mol. The van der Waals surface area contributed by atoms with Crippen LogP contribution in [0.25, 0.3) is 0 Å². The number of hydrogen-bond donors (Lipinski definition) is 1. The summed E-state index contributed by atoms with van der Waals surface area (Å²) < 4.78 is 5.31. The molecule has 0 saturated carbocycles. The first kappa shape index (κ1) is 15.0. The second-order valence-electron chi connectivity index (χ2n) is 5.40. The van der Waals surface area contributed by atoms with Crippen LogP contribution < -0.4 is 10.1 Å². The number of methoxy groups -OCH3 is 1. The zero-order valence-corrected chi connectivity index (χ0v) is 12.4. The Labute approximate surface area is 112 Å². The average molecular weight is 249 g/mol. The lowest BCUT2D eigenvalue weighted by Crippen LogP contribution is -2.16. The Hall–Kier alpha value is -1.02. The van der Waals surface area contributed by atoms with E-state index in [1.165, 1.54) is 30.4 Å². The van der Waals surface area contributed by atoms with Crippen molar-refractivity contribution in [3.63, 3.8) is 0 Å². The van der Waals surface area contributed by atoms with Gasteiger partial charge in [0.25, 0.3) is 0 Å². The number of aryl methyl sites for hydroxylation is 1. The molecule has 1 N–H and O–H groups in total. The molecule has 102 valence electrons. The highest BCUT2D eigenvalue weighted by Gasteiger charge is 2.10. The molecule has 1 atom stereocenters. The summed E-state index contributed by atoms with van der Waals surface area (Å²) in [5.74, 6) is 1.76. The molecule has 0 heterocycles. The molecule has 2 heteroatoms. The van der Waals surface area contributed by atoms with Crippen LogP contribution in [0.1, 0.15) is 50.3 Å². The van der Waals surface area contributed by atoms with Gasteiger partial charge in [0.2, 0.25) is 0 Å². The Morgan fingerprint density at radius 1 is 1.22 bits per heavy atom. The van der Waals surface area contributed by atoms with Crippen LogP contribution in [0.4, 0.5) is 0 Å². The molecule has 1 aromatic carbocycles. The molecule has 1 rings (SSSR count). The van der Waals surface area contributed by atoms with Crippen LogP contribution >= 0.6 is 0 Å². The fourth-order valence-electron chi connectivity index (χ4n) is 2.33. The summed E-state index contributed by atoms with van der Waals surface area (Å²) in [5.41, 5.74) is 2.57. The molecule has 0 bridgehead atoms. The highest BCUT2D eigenvalue weighted by Crippen LogP contribution is 2.25. The SMILES string of the molecule is CNC(CCCC(C)C)c1ccc(OC)c(C)c1. The van der Waals surface area contributed by atoms with Gasteiger partial charge in [-0.15, -0.1) is 0 Å². The van der Waals surface area contributed by atoms with Crippen LogP contribution in [0, 0.1) is 12.8 Å². The maximum Gasteiger partial charge on any atom is 0.121 e. The number of hydrogen-bond acceptors (Lipinski definition) is 2. The predicted molar refractivity (Wildman–Crippen MR) is 78.2 cm³/mol. The van der Waals surface area contributed by atoms with Crippen LogP contribution in [0.5, 0.6) is 5.75 Å². The highest BCUT2D eigenvalue weighted by atomic mass is 16.5. The monoisotopic (exact) mass is 249 g/mol. The lowest BCUT2D eigenvalue weighted by molar-refractivity contribution is 0.410. The van der Waals surface area contributed by atoms with Gasteiger partial charge in [0.15, 0.2) is 0 Å². The normalized spacial score (nSPS) is 12.8. The highest BCUT2D eigenvalue weighted by molar-refractivity contribution is 5.37. The predicted octanol–water partition coefficient (Wildman–Crippen LogP) is 4.09. The first-order valence-electron chi connectivity index (χ1n) is 6.90. The third-order valence-corrected chi connectivity index (χ3v) is 3.44. The van der Waals surface area contributed by atoms with E-state index in [9.17, 15) is 0 Å². The summed E-state index contributed by atoms with van der Waals surface area (Å²) in [6, 6.07) is 6.92. The van der Waals surface area contributed by atoms with Gasteiger partial charge in [0.05, 0.1) is 7.11 Å². The van der Waals surface area contributed by atoms with E-state index in [0.29, 0.717) is 6.04 Å². The Kier molecular flexibility index (Phi) is 6.20. The Bertz CT molecular complexity index is 360. The fraction of sp³-hybridized carbons (Fsp3) is 0.625. The molecule has 0 saturated heterocycles. The van der Waals surface area contributed by atoms with Crippen molar-refractivity contribution in [3.05, 3.63) is 29.3 Å². The standard InChI is InChI=1S/C16H27NO/c1-12(2)7-6-8-15(17-4)14-9-10-16(18-5)13(3)11-14/h9-12,15,17H,6-8H2,1-5H3. The minimum atomic E-state index is 0.452. The van der Waals surface area contributed by atoms with E-state index in [4.69, 9.17) is 4.74 Å². The van der Waals surface area contributed by atoms with Crippen LogP contribution in [0.3, 0.4) is 0 Å². The van der Waals surface area contributed by atoms with Crippen molar-refractivity contribution in [3.8, 4) is 5.75 Å². The van der Waals surface area contributed by atoms with Crippen molar-refractivity contribution in [2.45, 2.75) is 46.1 Å². The largest absolute Gasteiger partial charge is 0.496 e. The van der Waals surface area contributed by atoms with Gasteiger partial charge >= 0.3 is 0 Å². The zero-order valence-electron chi connectivity index (χ0n) is 12.4. The summed E-state index contributed by atoms with van der Waals surface area (Å²) in [7, 11) is 3.76. The van der Waals surface area contributed by atoms with E-state index in [2.05, 4.69) is 44.3 Å². The van der Waals surface area contributed by atoms with E-state index < -0.39 is 0 Å². The van der Waals surface area contributed by atoms with Crippen molar-refractivity contribution < 1.29 is 4.74 Å². The topological polar surface area (TPSA) is 21.3 Å². The van der Waals surface area contributed by atoms with E-state index in [1.807, 2.05) is 7.05 Å². The lowest BCUT2D eigenvalue weighted by Gasteiger charge is -2.18. The minimum absolute atomic E-state index is 0.452. The zero-order chi connectivity index (χ0) is 13.5. The Morgan fingerprint density at radius 3 is 2.44 bits per heavy atom. The van der Waals surface area contributed by atoms with Crippen molar-refractivity contribution in [1.29, 1.82) is 0 Å². The van der Waals surface area contributed by atoms with Gasteiger partial charge in [0.1, 0.15) is 5.75 Å². The second kappa shape index (κ2) is 7.42.